The molecule has 3 heteroatoms. The fourth-order valence-electron chi connectivity index (χ4n) is 4.63. The third kappa shape index (κ3) is 1.56. The molecule has 4 bridgehead atoms. The predicted molar refractivity (Wildman–Crippen MR) is 60.4 cm³/mol. The number of nitrogens with one attached hydrogen (secondary N) is 1. The molecule has 0 spiro atoms. The second kappa shape index (κ2) is 3.73. The quantitative estimate of drug-likeness (QED) is 0.745. The third-order valence-corrected chi connectivity index (χ3v) is 4.83. The Morgan fingerprint density at radius 3 is 2.12 bits per heavy atom. The van der Waals surface area contributed by atoms with Crippen molar-refractivity contribution in [2.75, 3.05) is 6.61 Å². The molecular weight excluding hydrogens is 202 g/mol. The predicted octanol–water partition coefficient (Wildman–Crippen LogP) is 2.27. The van der Waals surface area contributed by atoms with Gasteiger partial charge < -0.3 is 0 Å². The molecule has 16 heavy (non-hydrogen) atoms. The van der Waals surface area contributed by atoms with E-state index in [-0.39, 0.29) is 11.3 Å². The van der Waals surface area contributed by atoms with Gasteiger partial charge >= 0.3 is 0 Å². The first-order chi connectivity index (χ1) is 7.72. The second-order valence-electron chi connectivity index (χ2n) is 6.06. The van der Waals surface area contributed by atoms with Crippen molar-refractivity contribution in [2.45, 2.75) is 45.4 Å². The Bertz CT molecular complexity index is 265. The Labute approximate surface area is 96.9 Å². The minimum absolute atomic E-state index is 0.0656. The molecule has 3 nitrogen and oxygen atoms in total. The normalized spacial score (nSPS) is 44.7. The molecule has 0 aromatic heterocycles. The van der Waals surface area contributed by atoms with Crippen LogP contribution in [0.3, 0.4) is 0 Å². The summed E-state index contributed by atoms with van der Waals surface area (Å²) in [5, 5.41) is 0. The molecule has 1 amide bonds. The highest BCUT2D eigenvalue weighted by atomic mass is 16.6. The molecule has 90 valence electrons. The fraction of sp³-hybridized carbons (Fsp3) is 0.923. The summed E-state index contributed by atoms with van der Waals surface area (Å²) >= 11 is 0. The summed E-state index contributed by atoms with van der Waals surface area (Å²) < 4.78 is 0. The van der Waals surface area contributed by atoms with Crippen molar-refractivity contribution in [3.05, 3.63) is 0 Å². The average Bonchev–Trinajstić information content (AvgIpc) is 2.24. The zero-order chi connectivity index (χ0) is 11.2. The van der Waals surface area contributed by atoms with E-state index in [4.69, 9.17) is 4.84 Å². The van der Waals surface area contributed by atoms with Gasteiger partial charge in [0.2, 0.25) is 5.91 Å². The SMILES string of the molecule is CCONC(=O)C12CC3CC(CC(C3)C1)C2. The van der Waals surface area contributed by atoms with Crippen LogP contribution < -0.4 is 5.48 Å². The molecule has 0 unspecified atom stereocenters. The molecular formula is C13H21NO2. The Balaban J connectivity index is 1.75. The summed E-state index contributed by atoms with van der Waals surface area (Å²) in [5.41, 5.74) is 2.58. The van der Waals surface area contributed by atoms with E-state index in [1.54, 1.807) is 0 Å². The standard InChI is InChI=1S/C13H21NO2/c1-2-16-14-12(15)13-6-9-3-10(7-13)5-11(4-9)8-13/h9-11H,2-8H2,1H3,(H,14,15). The zero-order valence-corrected chi connectivity index (χ0v) is 10.00. The van der Waals surface area contributed by atoms with Gasteiger partial charge in [-0.25, -0.2) is 5.48 Å². The van der Waals surface area contributed by atoms with Crippen molar-refractivity contribution in [3.8, 4) is 0 Å². The van der Waals surface area contributed by atoms with Gasteiger partial charge in [0.15, 0.2) is 0 Å². The molecule has 0 heterocycles. The van der Waals surface area contributed by atoms with E-state index in [2.05, 4.69) is 5.48 Å². The molecule has 1 N–H and O–H groups in total. The number of carbonyl (C=O) groups is 1. The van der Waals surface area contributed by atoms with E-state index in [1.807, 2.05) is 6.92 Å². The Morgan fingerprint density at radius 1 is 1.19 bits per heavy atom. The fourth-order valence-corrected chi connectivity index (χ4v) is 4.63. The van der Waals surface area contributed by atoms with E-state index in [0.29, 0.717) is 6.61 Å². The lowest BCUT2D eigenvalue weighted by molar-refractivity contribution is -0.158. The maximum absolute atomic E-state index is 12.2. The lowest BCUT2D eigenvalue weighted by Crippen LogP contribution is -2.53. The summed E-state index contributed by atoms with van der Waals surface area (Å²) in [6.45, 7) is 2.46. The van der Waals surface area contributed by atoms with Gasteiger partial charge in [-0.1, -0.05) is 0 Å². The van der Waals surface area contributed by atoms with Crippen LogP contribution in [0, 0.1) is 23.2 Å². The molecule has 0 aliphatic heterocycles. The largest absolute Gasteiger partial charge is 0.274 e. The van der Waals surface area contributed by atoms with Gasteiger partial charge in [-0.05, 0) is 63.2 Å². The van der Waals surface area contributed by atoms with E-state index >= 15 is 0 Å². The van der Waals surface area contributed by atoms with Crippen LogP contribution in [0.4, 0.5) is 0 Å². The van der Waals surface area contributed by atoms with Crippen molar-refractivity contribution in [3.63, 3.8) is 0 Å². The topological polar surface area (TPSA) is 38.3 Å². The minimum Gasteiger partial charge on any atom is -0.274 e. The Hall–Kier alpha value is -0.570. The van der Waals surface area contributed by atoms with E-state index < -0.39 is 0 Å². The Morgan fingerprint density at radius 2 is 1.69 bits per heavy atom. The van der Waals surface area contributed by atoms with E-state index in [9.17, 15) is 4.79 Å². The number of amides is 1. The zero-order valence-electron chi connectivity index (χ0n) is 10.00. The van der Waals surface area contributed by atoms with Gasteiger partial charge in [-0.2, -0.15) is 0 Å². The lowest BCUT2D eigenvalue weighted by atomic mass is 9.49. The van der Waals surface area contributed by atoms with Crippen LogP contribution in [-0.4, -0.2) is 12.5 Å². The van der Waals surface area contributed by atoms with Gasteiger partial charge in [0, 0.05) is 0 Å². The molecule has 4 saturated carbocycles. The van der Waals surface area contributed by atoms with Crippen LogP contribution in [0.25, 0.3) is 0 Å². The summed E-state index contributed by atoms with van der Waals surface area (Å²) in [6.07, 6.45) is 7.46. The summed E-state index contributed by atoms with van der Waals surface area (Å²) in [7, 11) is 0. The van der Waals surface area contributed by atoms with E-state index in [1.165, 1.54) is 19.3 Å². The number of hydrogen-bond acceptors (Lipinski definition) is 2. The highest BCUT2D eigenvalue weighted by molar-refractivity contribution is 5.82. The molecule has 4 aliphatic rings. The molecule has 0 atom stereocenters. The number of rotatable bonds is 3. The third-order valence-electron chi connectivity index (χ3n) is 4.83. The number of carbonyl (C=O) groups excluding carboxylic acids is 1. The average molecular weight is 223 g/mol. The van der Waals surface area contributed by atoms with Gasteiger partial charge in [0.25, 0.3) is 0 Å². The maximum Gasteiger partial charge on any atom is 0.249 e. The Kier molecular flexibility index (Phi) is 2.46. The van der Waals surface area contributed by atoms with E-state index in [0.717, 1.165) is 37.0 Å². The monoisotopic (exact) mass is 223 g/mol. The van der Waals surface area contributed by atoms with Crippen LogP contribution in [0.1, 0.15) is 45.4 Å². The van der Waals surface area contributed by atoms with Gasteiger partial charge in [0.1, 0.15) is 0 Å². The van der Waals surface area contributed by atoms with Crippen LogP contribution >= 0.6 is 0 Å². The highest BCUT2D eigenvalue weighted by Gasteiger charge is 2.54. The molecule has 0 aromatic rings. The van der Waals surface area contributed by atoms with Gasteiger partial charge in [-0.15, -0.1) is 0 Å². The second-order valence-corrected chi connectivity index (χ2v) is 6.06. The van der Waals surface area contributed by atoms with Crippen molar-refractivity contribution in [1.29, 1.82) is 0 Å². The molecule has 0 radical (unpaired) electrons. The lowest BCUT2D eigenvalue weighted by Gasteiger charge is -2.55. The first-order valence-corrected chi connectivity index (χ1v) is 6.64. The molecule has 4 aliphatic carbocycles. The van der Waals surface area contributed by atoms with Crippen molar-refractivity contribution < 1.29 is 9.63 Å². The van der Waals surface area contributed by atoms with Crippen molar-refractivity contribution in [1.82, 2.24) is 5.48 Å². The van der Waals surface area contributed by atoms with Gasteiger partial charge in [0.05, 0.1) is 12.0 Å². The first-order valence-electron chi connectivity index (χ1n) is 6.64. The first kappa shape index (κ1) is 10.6. The number of hydrogen-bond donors (Lipinski definition) is 1. The van der Waals surface area contributed by atoms with Crippen LogP contribution in [0.15, 0.2) is 0 Å². The van der Waals surface area contributed by atoms with Crippen LogP contribution in [-0.2, 0) is 9.63 Å². The molecule has 0 aromatic carbocycles. The molecule has 4 fully saturated rings. The summed E-state index contributed by atoms with van der Waals surface area (Å²) in [5.74, 6) is 2.62. The van der Waals surface area contributed by atoms with Crippen molar-refractivity contribution >= 4 is 5.91 Å². The number of hydroxylamine groups is 1. The minimum atomic E-state index is -0.0656. The summed E-state index contributed by atoms with van der Waals surface area (Å²) in [4.78, 5) is 17.3. The van der Waals surface area contributed by atoms with Crippen molar-refractivity contribution in [2.24, 2.45) is 23.2 Å². The van der Waals surface area contributed by atoms with Crippen LogP contribution in [0.2, 0.25) is 0 Å². The highest BCUT2D eigenvalue weighted by Crippen LogP contribution is 2.60. The van der Waals surface area contributed by atoms with Gasteiger partial charge in [-0.3, -0.25) is 9.63 Å². The van der Waals surface area contributed by atoms with Crippen LogP contribution in [0.5, 0.6) is 0 Å². The smallest absolute Gasteiger partial charge is 0.249 e. The summed E-state index contributed by atoms with van der Waals surface area (Å²) in [6, 6.07) is 0. The maximum atomic E-state index is 12.2. The molecule has 4 rings (SSSR count). The molecule has 0 saturated heterocycles.